The number of rotatable bonds is 8. The van der Waals surface area contributed by atoms with Gasteiger partial charge in [0.05, 0.1) is 6.04 Å². The number of carbonyl (C=O) groups is 5. The van der Waals surface area contributed by atoms with Crippen LogP contribution in [0.1, 0.15) is 93.9 Å². The molecule has 0 aromatic rings. The van der Waals surface area contributed by atoms with Gasteiger partial charge in [-0.1, -0.05) is 53.9 Å². The number of urea groups is 1. The Bertz CT molecular complexity index is 991. The van der Waals surface area contributed by atoms with Gasteiger partial charge in [0.1, 0.15) is 12.1 Å². The number of primary amides is 1. The first-order valence-corrected chi connectivity index (χ1v) is 13.8. The molecule has 1 spiro atoms. The molecule has 5 N–H and O–H groups in total. The average Bonchev–Trinajstić information content (AvgIpc) is 3.05. The maximum absolute atomic E-state index is 14.1. The Morgan fingerprint density at radius 2 is 1.58 bits per heavy atom. The van der Waals surface area contributed by atoms with Gasteiger partial charge in [0, 0.05) is 12.1 Å². The maximum atomic E-state index is 14.1. The van der Waals surface area contributed by atoms with E-state index in [4.69, 9.17) is 5.73 Å². The van der Waals surface area contributed by atoms with Gasteiger partial charge in [-0.15, -0.1) is 0 Å². The number of ketones is 1. The second-order valence-electron chi connectivity index (χ2n) is 14.5. The number of hydrogen-bond acceptors (Lipinski definition) is 5. The summed E-state index contributed by atoms with van der Waals surface area (Å²) in [6.45, 7) is 15.8. The highest BCUT2D eigenvalue weighted by Crippen LogP contribution is 2.69. The van der Waals surface area contributed by atoms with E-state index in [9.17, 15) is 24.0 Å². The smallest absolute Gasteiger partial charge is 0.315 e. The summed E-state index contributed by atoms with van der Waals surface area (Å²) >= 11 is 0. The SMILES string of the molecule is CC(C)(C)NC(=O)N[C@H](C(=O)N1CC2(CC1C(=O)NC(CC1CCC1)C(=O)C(N)=O)CC2(C)C)C(C)(C)C. The molecule has 38 heavy (non-hydrogen) atoms. The number of nitrogens with two attached hydrogens (primary N) is 1. The molecule has 10 heteroatoms. The first-order valence-electron chi connectivity index (χ1n) is 13.8. The first kappa shape index (κ1) is 29.9. The van der Waals surface area contributed by atoms with Crippen molar-refractivity contribution < 1.29 is 24.0 Å². The summed E-state index contributed by atoms with van der Waals surface area (Å²) in [5, 5.41) is 8.47. The quantitative estimate of drug-likeness (QED) is 0.353. The molecule has 0 aromatic carbocycles. The summed E-state index contributed by atoms with van der Waals surface area (Å²) in [5.74, 6) is -2.41. The molecule has 3 fully saturated rings. The number of nitrogens with one attached hydrogen (secondary N) is 3. The third-order valence-corrected chi connectivity index (χ3v) is 8.66. The zero-order chi connectivity index (χ0) is 28.8. The highest BCUT2D eigenvalue weighted by molar-refractivity contribution is 6.37. The Labute approximate surface area is 226 Å². The van der Waals surface area contributed by atoms with E-state index in [2.05, 4.69) is 29.8 Å². The first-order chi connectivity index (χ1) is 17.3. The third-order valence-electron chi connectivity index (χ3n) is 8.66. The zero-order valence-electron chi connectivity index (χ0n) is 24.3. The lowest BCUT2D eigenvalue weighted by atomic mass is 9.80. The highest BCUT2D eigenvalue weighted by atomic mass is 16.2. The number of hydrogen-bond donors (Lipinski definition) is 4. The summed E-state index contributed by atoms with van der Waals surface area (Å²) in [4.78, 5) is 66.4. The summed E-state index contributed by atoms with van der Waals surface area (Å²) < 4.78 is 0. The minimum atomic E-state index is -1.07. The van der Waals surface area contributed by atoms with Crippen LogP contribution in [0, 0.1) is 22.2 Å². The molecule has 4 atom stereocenters. The zero-order valence-corrected chi connectivity index (χ0v) is 24.3. The van der Waals surface area contributed by atoms with Crippen molar-refractivity contribution in [3.8, 4) is 0 Å². The predicted molar refractivity (Wildman–Crippen MR) is 144 cm³/mol. The number of Topliss-reactive ketones (excluding diaryl/α,β-unsaturated/α-hetero) is 1. The monoisotopic (exact) mass is 533 g/mol. The van der Waals surface area contributed by atoms with Crippen molar-refractivity contribution in [1.29, 1.82) is 0 Å². The second kappa shape index (κ2) is 10.2. The molecule has 1 aliphatic heterocycles. The van der Waals surface area contributed by atoms with Gasteiger partial charge in [-0.2, -0.15) is 0 Å². The Morgan fingerprint density at radius 1 is 1.00 bits per heavy atom. The fourth-order valence-electron chi connectivity index (χ4n) is 5.92. The van der Waals surface area contributed by atoms with Gasteiger partial charge in [-0.25, -0.2) is 4.79 Å². The van der Waals surface area contributed by atoms with Gasteiger partial charge in [0.15, 0.2) is 0 Å². The van der Waals surface area contributed by atoms with Crippen LogP contribution < -0.4 is 21.7 Å². The van der Waals surface area contributed by atoms with Crippen molar-refractivity contribution in [3.05, 3.63) is 0 Å². The maximum Gasteiger partial charge on any atom is 0.315 e. The Hall–Kier alpha value is -2.65. The van der Waals surface area contributed by atoms with E-state index in [-0.39, 0.29) is 22.7 Å². The molecular formula is C28H47N5O5. The van der Waals surface area contributed by atoms with E-state index in [0.29, 0.717) is 19.4 Å². The summed E-state index contributed by atoms with van der Waals surface area (Å²) in [6.07, 6.45) is 4.64. The van der Waals surface area contributed by atoms with Crippen LogP contribution >= 0.6 is 0 Å². The molecule has 3 aliphatic rings. The van der Waals surface area contributed by atoms with Crippen molar-refractivity contribution in [2.45, 2.75) is 118 Å². The lowest BCUT2D eigenvalue weighted by molar-refractivity contribution is -0.143. The van der Waals surface area contributed by atoms with Crippen LogP contribution in [-0.4, -0.2) is 64.6 Å². The van der Waals surface area contributed by atoms with Crippen LogP contribution in [0.2, 0.25) is 0 Å². The molecule has 2 aliphatic carbocycles. The van der Waals surface area contributed by atoms with Gasteiger partial charge >= 0.3 is 6.03 Å². The van der Waals surface area contributed by atoms with Gasteiger partial charge < -0.3 is 26.6 Å². The van der Waals surface area contributed by atoms with Gasteiger partial charge in [0.2, 0.25) is 17.6 Å². The minimum Gasteiger partial charge on any atom is -0.363 e. The Morgan fingerprint density at radius 3 is 2.00 bits per heavy atom. The van der Waals surface area contributed by atoms with Crippen molar-refractivity contribution in [2.24, 2.45) is 27.9 Å². The normalized spacial score (nSPS) is 26.2. The fraction of sp³-hybridized carbons (Fsp3) is 0.821. The molecule has 1 heterocycles. The largest absolute Gasteiger partial charge is 0.363 e. The van der Waals surface area contributed by atoms with Crippen LogP contribution in [-0.2, 0) is 19.2 Å². The minimum absolute atomic E-state index is 0.0385. The molecule has 214 valence electrons. The van der Waals surface area contributed by atoms with E-state index >= 15 is 0 Å². The fourth-order valence-corrected chi connectivity index (χ4v) is 5.92. The van der Waals surface area contributed by atoms with E-state index in [1.54, 1.807) is 4.90 Å². The van der Waals surface area contributed by atoms with Crippen molar-refractivity contribution in [2.75, 3.05) is 6.54 Å². The molecule has 5 amide bonds. The molecule has 0 bridgehead atoms. The second-order valence-corrected chi connectivity index (χ2v) is 14.5. The van der Waals surface area contributed by atoms with Crippen LogP contribution in [0.25, 0.3) is 0 Å². The molecule has 3 rings (SSSR count). The third kappa shape index (κ3) is 6.49. The molecule has 0 radical (unpaired) electrons. The number of nitrogens with zero attached hydrogens (tertiary/aromatic N) is 1. The van der Waals surface area contributed by atoms with Gasteiger partial charge in [-0.3, -0.25) is 19.2 Å². The number of carbonyl (C=O) groups excluding carboxylic acids is 5. The Balaban J connectivity index is 1.86. The summed E-state index contributed by atoms with van der Waals surface area (Å²) in [6, 6.07) is -3.15. The Kier molecular flexibility index (Phi) is 7.99. The topological polar surface area (TPSA) is 151 Å². The van der Waals surface area contributed by atoms with Crippen LogP contribution in [0.5, 0.6) is 0 Å². The standard InChI is InChI=1S/C28H47N5O5/c1-25(2,3)20(31-24(38)32-26(4,5)6)23(37)33-15-28(14-27(28,7)8)13-18(33)22(36)30-17(19(34)21(29)35)12-16-10-9-11-16/h16-18,20H,9-15H2,1-8H3,(H2,29,35)(H,30,36)(H2,31,32,38)/t17?,18?,20-,28?/m1/s1. The number of amides is 5. The summed E-state index contributed by atoms with van der Waals surface area (Å²) in [5.41, 5.74) is 3.93. The van der Waals surface area contributed by atoms with Crippen molar-refractivity contribution in [3.63, 3.8) is 0 Å². The summed E-state index contributed by atoms with van der Waals surface area (Å²) in [7, 11) is 0. The molecular weight excluding hydrogens is 486 g/mol. The molecule has 3 unspecified atom stereocenters. The predicted octanol–water partition coefficient (Wildman–Crippen LogP) is 2.25. The number of likely N-dealkylation sites (tertiary alicyclic amines) is 1. The van der Waals surface area contributed by atoms with Crippen molar-refractivity contribution >= 4 is 29.5 Å². The molecule has 0 aromatic heterocycles. The van der Waals surface area contributed by atoms with Crippen LogP contribution in [0.15, 0.2) is 0 Å². The molecule has 1 saturated heterocycles. The van der Waals surface area contributed by atoms with E-state index in [1.165, 1.54) is 0 Å². The van der Waals surface area contributed by atoms with Gasteiger partial charge in [-0.05, 0) is 62.2 Å². The van der Waals surface area contributed by atoms with E-state index in [1.807, 2.05) is 41.5 Å². The van der Waals surface area contributed by atoms with E-state index in [0.717, 1.165) is 25.7 Å². The van der Waals surface area contributed by atoms with Crippen molar-refractivity contribution in [1.82, 2.24) is 20.9 Å². The molecule has 10 nitrogen and oxygen atoms in total. The average molecular weight is 534 g/mol. The highest BCUT2D eigenvalue weighted by Gasteiger charge is 2.67. The van der Waals surface area contributed by atoms with Gasteiger partial charge in [0.25, 0.3) is 5.91 Å². The van der Waals surface area contributed by atoms with Crippen LogP contribution in [0.3, 0.4) is 0 Å². The lowest BCUT2D eigenvalue weighted by Gasteiger charge is -2.36. The van der Waals surface area contributed by atoms with E-state index < -0.39 is 52.7 Å². The molecule has 2 saturated carbocycles. The lowest BCUT2D eigenvalue weighted by Crippen LogP contribution is -2.61. The van der Waals surface area contributed by atoms with Crippen LogP contribution in [0.4, 0.5) is 4.79 Å².